The van der Waals surface area contributed by atoms with Crippen LogP contribution in [0, 0.1) is 0 Å². The van der Waals surface area contributed by atoms with E-state index in [1.807, 2.05) is 6.92 Å². The van der Waals surface area contributed by atoms with Crippen molar-refractivity contribution in [3.63, 3.8) is 0 Å². The standard InChI is InChI=1S/C16H31NO5S/c1-5-10-17(11-6-2,12-8-14-23(19,20)21)13-9-15(4)22-16(18)7-3/h7,15H,3,5-6,8-14H2,1-2,4H3/p+1. The molecule has 0 aromatic rings. The summed E-state index contributed by atoms with van der Waals surface area (Å²) in [5, 5.41) is 0. The van der Waals surface area contributed by atoms with Crippen LogP contribution in [0.5, 0.6) is 0 Å². The number of hydrogen-bond acceptors (Lipinski definition) is 4. The lowest BCUT2D eigenvalue weighted by Crippen LogP contribution is -2.51. The van der Waals surface area contributed by atoms with Gasteiger partial charge in [0.2, 0.25) is 0 Å². The van der Waals surface area contributed by atoms with Crippen LogP contribution in [0.25, 0.3) is 0 Å². The summed E-state index contributed by atoms with van der Waals surface area (Å²) >= 11 is 0. The van der Waals surface area contributed by atoms with E-state index >= 15 is 0 Å². The molecule has 0 fully saturated rings. The zero-order valence-corrected chi connectivity index (χ0v) is 15.5. The first-order valence-corrected chi connectivity index (χ1v) is 9.92. The summed E-state index contributed by atoms with van der Waals surface area (Å²) in [6.45, 7) is 12.9. The second kappa shape index (κ2) is 10.8. The fraction of sp³-hybridized carbons (Fsp3) is 0.812. The highest BCUT2D eigenvalue weighted by Crippen LogP contribution is 2.15. The van der Waals surface area contributed by atoms with Crippen molar-refractivity contribution in [3.8, 4) is 0 Å². The molecular formula is C16H32NO5S+. The molecule has 0 heterocycles. The molecule has 0 aliphatic carbocycles. The lowest BCUT2D eigenvalue weighted by molar-refractivity contribution is -0.928. The summed E-state index contributed by atoms with van der Waals surface area (Å²) in [6.07, 6.45) is 4.08. The second-order valence-electron chi connectivity index (χ2n) is 6.12. The highest BCUT2D eigenvalue weighted by atomic mass is 32.2. The smallest absolute Gasteiger partial charge is 0.330 e. The Morgan fingerprint density at radius 1 is 1.22 bits per heavy atom. The molecule has 7 heteroatoms. The fourth-order valence-corrected chi connectivity index (χ4v) is 3.46. The molecule has 0 amide bonds. The molecule has 0 aromatic heterocycles. The van der Waals surface area contributed by atoms with Crippen LogP contribution in [0.3, 0.4) is 0 Å². The van der Waals surface area contributed by atoms with Crippen LogP contribution in [0.4, 0.5) is 0 Å². The second-order valence-corrected chi connectivity index (χ2v) is 7.69. The van der Waals surface area contributed by atoms with Gasteiger partial charge in [0.15, 0.2) is 0 Å². The molecule has 0 aliphatic heterocycles. The topological polar surface area (TPSA) is 80.7 Å². The Morgan fingerprint density at radius 2 is 1.78 bits per heavy atom. The molecule has 1 atom stereocenters. The van der Waals surface area contributed by atoms with E-state index < -0.39 is 16.1 Å². The molecular weight excluding hydrogens is 318 g/mol. The van der Waals surface area contributed by atoms with Crippen LogP contribution < -0.4 is 0 Å². The first kappa shape index (κ1) is 22.1. The van der Waals surface area contributed by atoms with E-state index in [-0.39, 0.29) is 11.9 Å². The van der Waals surface area contributed by atoms with E-state index in [9.17, 15) is 13.2 Å². The van der Waals surface area contributed by atoms with E-state index in [0.717, 1.165) is 43.0 Å². The molecule has 1 N–H and O–H groups in total. The normalized spacial score (nSPS) is 13.6. The molecule has 0 spiro atoms. The van der Waals surface area contributed by atoms with Crippen molar-refractivity contribution in [2.45, 2.75) is 52.6 Å². The Morgan fingerprint density at radius 3 is 2.22 bits per heavy atom. The Bertz CT molecular complexity index is 455. The van der Waals surface area contributed by atoms with Crippen molar-refractivity contribution in [2.24, 2.45) is 0 Å². The van der Waals surface area contributed by atoms with Crippen molar-refractivity contribution in [1.29, 1.82) is 0 Å². The Hall–Kier alpha value is -0.920. The van der Waals surface area contributed by atoms with Gasteiger partial charge in [-0.1, -0.05) is 20.4 Å². The first-order chi connectivity index (χ1) is 10.7. The van der Waals surface area contributed by atoms with Gasteiger partial charge in [-0.05, 0) is 19.8 Å². The summed E-state index contributed by atoms with van der Waals surface area (Å²) in [5.41, 5.74) is 0. The number of hydrogen-bond donors (Lipinski definition) is 1. The third-order valence-electron chi connectivity index (χ3n) is 3.92. The minimum absolute atomic E-state index is 0.201. The maximum atomic E-state index is 11.2. The number of carbonyl (C=O) groups is 1. The zero-order valence-electron chi connectivity index (χ0n) is 14.7. The summed E-state index contributed by atoms with van der Waals surface area (Å²) in [4.78, 5) is 11.2. The van der Waals surface area contributed by atoms with Gasteiger partial charge in [0.1, 0.15) is 6.10 Å². The Balaban J connectivity index is 4.75. The summed E-state index contributed by atoms with van der Waals surface area (Å²) < 4.78 is 36.8. The first-order valence-electron chi connectivity index (χ1n) is 8.31. The summed E-state index contributed by atoms with van der Waals surface area (Å²) in [6, 6.07) is 0. The molecule has 0 aliphatic rings. The third-order valence-corrected chi connectivity index (χ3v) is 4.73. The average molecular weight is 351 g/mol. The van der Waals surface area contributed by atoms with Crippen molar-refractivity contribution in [2.75, 3.05) is 31.9 Å². The molecule has 0 radical (unpaired) electrons. The predicted octanol–water partition coefficient (Wildman–Crippen LogP) is 2.41. The number of carbonyl (C=O) groups excluding carboxylic acids is 1. The molecule has 0 saturated heterocycles. The highest BCUT2D eigenvalue weighted by Gasteiger charge is 2.27. The number of ether oxygens (including phenoxy) is 1. The zero-order chi connectivity index (χ0) is 17.9. The number of nitrogens with zero attached hydrogens (tertiary/aromatic N) is 1. The van der Waals surface area contributed by atoms with Gasteiger partial charge >= 0.3 is 5.97 Å². The van der Waals surface area contributed by atoms with Crippen LogP contribution in [0.1, 0.15) is 46.5 Å². The molecule has 6 nitrogen and oxygen atoms in total. The van der Waals surface area contributed by atoms with Gasteiger partial charge < -0.3 is 9.22 Å². The molecule has 136 valence electrons. The number of esters is 1. The maximum Gasteiger partial charge on any atom is 0.330 e. The van der Waals surface area contributed by atoms with E-state index in [1.54, 1.807) is 0 Å². The van der Waals surface area contributed by atoms with Gasteiger partial charge in [-0.15, -0.1) is 0 Å². The van der Waals surface area contributed by atoms with E-state index in [1.165, 1.54) is 0 Å². The quantitative estimate of drug-likeness (QED) is 0.239. The lowest BCUT2D eigenvalue weighted by Gasteiger charge is -2.39. The molecule has 23 heavy (non-hydrogen) atoms. The Labute approximate surface area is 140 Å². The minimum Gasteiger partial charge on any atom is -0.459 e. The molecule has 0 saturated carbocycles. The fourth-order valence-electron chi connectivity index (χ4n) is 2.96. The van der Waals surface area contributed by atoms with E-state index in [2.05, 4.69) is 20.4 Å². The predicted molar refractivity (Wildman–Crippen MR) is 91.7 cm³/mol. The third kappa shape index (κ3) is 10.5. The lowest BCUT2D eigenvalue weighted by atomic mass is 10.1. The van der Waals surface area contributed by atoms with Crippen LogP contribution in [0.15, 0.2) is 12.7 Å². The van der Waals surface area contributed by atoms with Gasteiger partial charge in [0.05, 0.1) is 31.9 Å². The monoisotopic (exact) mass is 350 g/mol. The average Bonchev–Trinajstić information content (AvgIpc) is 2.44. The van der Waals surface area contributed by atoms with Gasteiger partial charge in [-0.25, -0.2) is 4.79 Å². The van der Waals surface area contributed by atoms with Crippen LogP contribution in [-0.4, -0.2) is 61.5 Å². The molecule has 1 unspecified atom stereocenters. The maximum absolute atomic E-state index is 11.2. The van der Waals surface area contributed by atoms with Crippen molar-refractivity contribution < 1.29 is 27.0 Å². The largest absolute Gasteiger partial charge is 0.459 e. The van der Waals surface area contributed by atoms with Gasteiger partial charge in [-0.2, -0.15) is 8.42 Å². The summed E-state index contributed by atoms with van der Waals surface area (Å²) in [7, 11) is -3.92. The van der Waals surface area contributed by atoms with Crippen LogP contribution in [0.2, 0.25) is 0 Å². The van der Waals surface area contributed by atoms with Gasteiger partial charge in [0, 0.05) is 18.9 Å². The van der Waals surface area contributed by atoms with E-state index in [0.29, 0.717) is 19.4 Å². The Kier molecular flexibility index (Phi) is 10.3. The minimum atomic E-state index is -3.92. The van der Waals surface area contributed by atoms with Crippen LogP contribution in [-0.2, 0) is 19.6 Å². The molecule has 0 bridgehead atoms. The highest BCUT2D eigenvalue weighted by molar-refractivity contribution is 7.85. The van der Waals surface area contributed by atoms with Crippen molar-refractivity contribution in [3.05, 3.63) is 12.7 Å². The van der Waals surface area contributed by atoms with Gasteiger partial charge in [0.25, 0.3) is 10.1 Å². The van der Waals surface area contributed by atoms with Crippen molar-refractivity contribution >= 4 is 16.1 Å². The molecule has 0 rings (SSSR count). The molecule has 0 aromatic carbocycles. The SMILES string of the molecule is C=CC(=O)OC(C)CC[N+](CCC)(CCC)CCCS(=O)(=O)O. The summed E-state index contributed by atoms with van der Waals surface area (Å²) in [5.74, 6) is -0.630. The van der Waals surface area contributed by atoms with Crippen molar-refractivity contribution in [1.82, 2.24) is 0 Å². The number of quaternary nitrogens is 1. The van der Waals surface area contributed by atoms with Crippen LogP contribution >= 0.6 is 0 Å². The van der Waals surface area contributed by atoms with Gasteiger partial charge in [-0.3, -0.25) is 4.55 Å². The van der Waals surface area contributed by atoms with E-state index in [4.69, 9.17) is 9.29 Å². The number of rotatable bonds is 13.